The molecule has 0 heterocycles. The van der Waals surface area contributed by atoms with Gasteiger partial charge in [-0.2, -0.15) is 0 Å². The van der Waals surface area contributed by atoms with Gasteiger partial charge in [-0.25, -0.2) is 4.79 Å². The van der Waals surface area contributed by atoms with Crippen LogP contribution >= 0.6 is 0 Å². The molecule has 0 fully saturated rings. The highest BCUT2D eigenvalue weighted by molar-refractivity contribution is 5.75. The Morgan fingerprint density at radius 3 is 1.94 bits per heavy atom. The monoisotopic (exact) mass is 229 g/mol. The summed E-state index contributed by atoms with van der Waals surface area (Å²) in [6.07, 6.45) is 5.86. The first-order valence-corrected chi connectivity index (χ1v) is 5.96. The van der Waals surface area contributed by atoms with Crippen LogP contribution in [0.25, 0.3) is 0 Å². The Balaban J connectivity index is 3.04. The second-order valence-corrected chi connectivity index (χ2v) is 3.76. The van der Waals surface area contributed by atoms with E-state index in [-0.39, 0.29) is 5.91 Å². The predicted octanol–water partition coefficient (Wildman–Crippen LogP) is 1.13. The summed E-state index contributed by atoms with van der Waals surface area (Å²) in [5, 5.41) is 5.39. The van der Waals surface area contributed by atoms with E-state index in [1.54, 1.807) is 0 Å². The zero-order valence-electron chi connectivity index (χ0n) is 10.1. The van der Waals surface area contributed by atoms with Gasteiger partial charge < -0.3 is 16.4 Å². The van der Waals surface area contributed by atoms with E-state index in [1.165, 1.54) is 0 Å². The number of hydrogen-bond donors (Lipinski definition) is 3. The molecule has 4 N–H and O–H groups in total. The number of amides is 3. The second kappa shape index (κ2) is 10.3. The summed E-state index contributed by atoms with van der Waals surface area (Å²) in [6, 6.07) is -0.456. The van der Waals surface area contributed by atoms with Gasteiger partial charge in [0, 0.05) is 19.5 Å². The largest absolute Gasteiger partial charge is 0.356 e. The van der Waals surface area contributed by atoms with Crippen LogP contribution in [-0.4, -0.2) is 25.0 Å². The molecule has 5 heteroatoms. The van der Waals surface area contributed by atoms with E-state index in [0.717, 1.165) is 38.6 Å². The third-order valence-corrected chi connectivity index (χ3v) is 2.30. The molecule has 0 atom stereocenters. The molecule has 5 nitrogen and oxygen atoms in total. The summed E-state index contributed by atoms with van der Waals surface area (Å²) >= 11 is 0. The van der Waals surface area contributed by atoms with Crippen LogP contribution in [0.5, 0.6) is 0 Å². The van der Waals surface area contributed by atoms with Crippen LogP contribution in [0.15, 0.2) is 0 Å². The minimum atomic E-state index is -0.456. The Labute approximate surface area is 97.2 Å². The summed E-state index contributed by atoms with van der Waals surface area (Å²) < 4.78 is 0. The maximum atomic E-state index is 10.9. The zero-order chi connectivity index (χ0) is 12.2. The van der Waals surface area contributed by atoms with Gasteiger partial charge in [-0.05, 0) is 12.8 Å². The van der Waals surface area contributed by atoms with E-state index in [4.69, 9.17) is 5.73 Å². The van der Waals surface area contributed by atoms with Crippen LogP contribution in [0.1, 0.15) is 45.4 Å². The molecule has 16 heavy (non-hydrogen) atoms. The maximum absolute atomic E-state index is 10.9. The molecule has 0 rings (SSSR count). The Morgan fingerprint density at radius 2 is 1.44 bits per heavy atom. The van der Waals surface area contributed by atoms with Crippen molar-refractivity contribution in [2.75, 3.05) is 13.1 Å². The van der Waals surface area contributed by atoms with Gasteiger partial charge >= 0.3 is 6.03 Å². The lowest BCUT2D eigenvalue weighted by molar-refractivity contribution is -0.120. The van der Waals surface area contributed by atoms with Crippen molar-refractivity contribution in [3.63, 3.8) is 0 Å². The fourth-order valence-corrected chi connectivity index (χ4v) is 1.34. The number of carbonyl (C=O) groups is 2. The van der Waals surface area contributed by atoms with Crippen molar-refractivity contribution in [2.24, 2.45) is 5.73 Å². The molecule has 0 aliphatic carbocycles. The van der Waals surface area contributed by atoms with Gasteiger partial charge in [-0.3, -0.25) is 4.79 Å². The molecule has 0 aromatic rings. The number of unbranched alkanes of at least 4 members (excludes halogenated alkanes) is 4. The lowest BCUT2D eigenvalue weighted by atomic mass is 10.1. The average molecular weight is 229 g/mol. The Hall–Kier alpha value is -1.26. The van der Waals surface area contributed by atoms with Crippen LogP contribution < -0.4 is 16.4 Å². The zero-order valence-corrected chi connectivity index (χ0v) is 10.1. The quantitative estimate of drug-likeness (QED) is 0.518. The average Bonchev–Trinajstić information content (AvgIpc) is 2.26. The Kier molecular flexibility index (Phi) is 9.46. The fraction of sp³-hybridized carbons (Fsp3) is 0.818. The molecule has 94 valence electrons. The predicted molar refractivity (Wildman–Crippen MR) is 64.0 cm³/mol. The summed E-state index contributed by atoms with van der Waals surface area (Å²) in [4.78, 5) is 21.2. The smallest absolute Gasteiger partial charge is 0.312 e. The van der Waals surface area contributed by atoms with Crippen LogP contribution in [0.2, 0.25) is 0 Å². The number of primary amides is 1. The van der Waals surface area contributed by atoms with Crippen LogP contribution in [0, 0.1) is 0 Å². The summed E-state index contributed by atoms with van der Waals surface area (Å²) in [5.74, 6) is 0.116. The molecule has 0 aromatic carbocycles. The van der Waals surface area contributed by atoms with E-state index in [1.807, 2.05) is 6.92 Å². The number of nitrogens with one attached hydrogen (secondary N) is 2. The first kappa shape index (κ1) is 14.7. The van der Waals surface area contributed by atoms with Crippen molar-refractivity contribution in [3.8, 4) is 0 Å². The lowest BCUT2D eigenvalue weighted by Crippen LogP contribution is -2.29. The summed E-state index contributed by atoms with van der Waals surface area (Å²) in [7, 11) is 0. The normalized spacial score (nSPS) is 9.81. The minimum absolute atomic E-state index is 0.116. The van der Waals surface area contributed by atoms with Crippen molar-refractivity contribution < 1.29 is 9.59 Å². The van der Waals surface area contributed by atoms with Crippen molar-refractivity contribution in [2.45, 2.75) is 45.4 Å². The molecule has 0 saturated heterocycles. The van der Waals surface area contributed by atoms with Gasteiger partial charge in [0.05, 0.1) is 0 Å². The Morgan fingerprint density at radius 1 is 0.938 bits per heavy atom. The topological polar surface area (TPSA) is 84.2 Å². The maximum Gasteiger partial charge on any atom is 0.312 e. The van der Waals surface area contributed by atoms with Gasteiger partial charge in [-0.1, -0.05) is 26.2 Å². The molecule has 0 aliphatic rings. The highest BCUT2D eigenvalue weighted by atomic mass is 16.2. The fourth-order valence-electron chi connectivity index (χ4n) is 1.34. The summed E-state index contributed by atoms with van der Waals surface area (Å²) in [5.41, 5.74) is 4.92. The standard InChI is InChI=1S/C11H23N3O2/c1-2-10(15)13-8-6-4-3-5-7-9-14-11(12)16/h2-9H2,1H3,(H,13,15)(H3,12,14,16). The first-order chi connectivity index (χ1) is 7.66. The third kappa shape index (κ3) is 10.8. The molecule has 3 amide bonds. The van der Waals surface area contributed by atoms with Gasteiger partial charge in [-0.15, -0.1) is 0 Å². The minimum Gasteiger partial charge on any atom is -0.356 e. The van der Waals surface area contributed by atoms with Crippen molar-refractivity contribution in [1.82, 2.24) is 10.6 Å². The van der Waals surface area contributed by atoms with E-state index in [9.17, 15) is 9.59 Å². The van der Waals surface area contributed by atoms with E-state index in [0.29, 0.717) is 13.0 Å². The molecule has 0 aromatic heterocycles. The molecule has 0 radical (unpaired) electrons. The molecule has 0 bridgehead atoms. The van der Waals surface area contributed by atoms with Gasteiger partial charge in [0.1, 0.15) is 0 Å². The van der Waals surface area contributed by atoms with Gasteiger partial charge in [0.25, 0.3) is 0 Å². The van der Waals surface area contributed by atoms with Gasteiger partial charge in [0.15, 0.2) is 0 Å². The number of carbonyl (C=O) groups excluding carboxylic acids is 2. The van der Waals surface area contributed by atoms with Crippen LogP contribution in [-0.2, 0) is 4.79 Å². The SMILES string of the molecule is CCC(=O)NCCCCCCCNC(N)=O. The van der Waals surface area contributed by atoms with E-state index >= 15 is 0 Å². The number of hydrogen-bond acceptors (Lipinski definition) is 2. The van der Waals surface area contributed by atoms with Crippen LogP contribution in [0.3, 0.4) is 0 Å². The summed E-state index contributed by atoms with van der Waals surface area (Å²) in [6.45, 7) is 3.27. The van der Waals surface area contributed by atoms with E-state index < -0.39 is 6.03 Å². The van der Waals surface area contributed by atoms with Crippen molar-refractivity contribution >= 4 is 11.9 Å². The Bertz CT molecular complexity index is 207. The first-order valence-electron chi connectivity index (χ1n) is 5.96. The molecular weight excluding hydrogens is 206 g/mol. The number of urea groups is 1. The van der Waals surface area contributed by atoms with Crippen molar-refractivity contribution in [3.05, 3.63) is 0 Å². The van der Waals surface area contributed by atoms with Gasteiger partial charge in [0.2, 0.25) is 5.91 Å². The van der Waals surface area contributed by atoms with Crippen molar-refractivity contribution in [1.29, 1.82) is 0 Å². The molecular formula is C11H23N3O2. The molecule has 0 spiro atoms. The van der Waals surface area contributed by atoms with E-state index in [2.05, 4.69) is 10.6 Å². The molecule has 0 unspecified atom stereocenters. The number of rotatable bonds is 9. The lowest BCUT2D eigenvalue weighted by Gasteiger charge is -2.04. The number of nitrogens with two attached hydrogens (primary N) is 1. The second-order valence-electron chi connectivity index (χ2n) is 3.76. The molecule has 0 saturated carbocycles. The highest BCUT2D eigenvalue weighted by Gasteiger charge is 1.95. The molecule has 0 aliphatic heterocycles. The third-order valence-electron chi connectivity index (χ3n) is 2.30. The van der Waals surface area contributed by atoms with Crippen LogP contribution in [0.4, 0.5) is 4.79 Å². The highest BCUT2D eigenvalue weighted by Crippen LogP contribution is 2.01.